The molecule has 1 saturated heterocycles. The molecule has 3 amide bonds. The van der Waals surface area contributed by atoms with E-state index in [1.165, 1.54) is 25.3 Å². The number of carbonyl (C=O) groups is 3. The number of carbonyl (C=O) groups excluding carboxylic acids is 3. The summed E-state index contributed by atoms with van der Waals surface area (Å²) in [5, 5.41) is 2.44. The molecule has 1 fully saturated rings. The molecular formula is C22H20BrFN2O6. The van der Waals surface area contributed by atoms with Crippen LogP contribution in [0, 0.1) is 5.82 Å². The van der Waals surface area contributed by atoms with E-state index >= 15 is 0 Å². The van der Waals surface area contributed by atoms with Crippen LogP contribution in [0.2, 0.25) is 0 Å². The Labute approximate surface area is 192 Å². The van der Waals surface area contributed by atoms with E-state index in [1.807, 2.05) is 6.92 Å². The topological polar surface area (TPSA) is 94.2 Å². The summed E-state index contributed by atoms with van der Waals surface area (Å²) in [7, 11) is 1.17. The molecule has 0 unspecified atom stereocenters. The van der Waals surface area contributed by atoms with Gasteiger partial charge >= 0.3 is 12.0 Å². The number of hydrogen-bond donors (Lipinski definition) is 1. The van der Waals surface area contributed by atoms with Crippen molar-refractivity contribution in [3.63, 3.8) is 0 Å². The van der Waals surface area contributed by atoms with Gasteiger partial charge in [0.2, 0.25) is 0 Å². The molecule has 1 heterocycles. The lowest BCUT2D eigenvalue weighted by Gasteiger charge is -2.14. The number of nitrogens with zero attached hydrogens (tertiary/aromatic N) is 1. The molecule has 0 saturated carbocycles. The molecule has 10 heteroatoms. The number of methoxy groups -OCH3 is 1. The first-order chi connectivity index (χ1) is 15.3. The Morgan fingerprint density at radius 1 is 1.16 bits per heavy atom. The number of urea groups is 1. The summed E-state index contributed by atoms with van der Waals surface area (Å²) in [6, 6.07) is 8.56. The van der Waals surface area contributed by atoms with Gasteiger partial charge in [-0.05, 0) is 48.4 Å². The van der Waals surface area contributed by atoms with Gasteiger partial charge in [0, 0.05) is 4.47 Å². The summed E-state index contributed by atoms with van der Waals surface area (Å²) in [6.45, 7) is 1.90. The zero-order valence-electron chi connectivity index (χ0n) is 17.3. The van der Waals surface area contributed by atoms with Gasteiger partial charge in [0.1, 0.15) is 24.7 Å². The molecule has 32 heavy (non-hydrogen) atoms. The predicted octanol–water partition coefficient (Wildman–Crippen LogP) is 3.63. The summed E-state index contributed by atoms with van der Waals surface area (Å²) in [4.78, 5) is 36.8. The SMILES string of the molecule is CCOc1cc(/C=C2/NC(=O)N(CC(=O)OC)C2=O)c(Br)cc1OCc1ccc(F)cc1. The normalized spacial score (nSPS) is 14.5. The van der Waals surface area contributed by atoms with Gasteiger partial charge in [0.05, 0.1) is 13.7 Å². The molecule has 1 N–H and O–H groups in total. The van der Waals surface area contributed by atoms with Crippen molar-refractivity contribution in [3.8, 4) is 11.5 Å². The average molecular weight is 507 g/mol. The molecule has 0 aliphatic carbocycles. The summed E-state index contributed by atoms with van der Waals surface area (Å²) in [5.74, 6) is -0.825. The quantitative estimate of drug-likeness (QED) is 0.333. The highest BCUT2D eigenvalue weighted by Gasteiger charge is 2.35. The summed E-state index contributed by atoms with van der Waals surface area (Å²) < 4.78 is 29.7. The second-order valence-corrected chi connectivity index (χ2v) is 7.48. The van der Waals surface area contributed by atoms with Crippen LogP contribution in [0.4, 0.5) is 9.18 Å². The van der Waals surface area contributed by atoms with Crippen LogP contribution < -0.4 is 14.8 Å². The van der Waals surface area contributed by atoms with Crippen LogP contribution in [0.15, 0.2) is 46.6 Å². The van der Waals surface area contributed by atoms with Gasteiger partial charge in [-0.1, -0.05) is 28.1 Å². The lowest BCUT2D eigenvalue weighted by Crippen LogP contribution is -2.36. The fourth-order valence-electron chi connectivity index (χ4n) is 2.85. The number of imide groups is 1. The third-order valence-electron chi connectivity index (χ3n) is 4.45. The Morgan fingerprint density at radius 2 is 1.84 bits per heavy atom. The van der Waals surface area contributed by atoms with Crippen molar-refractivity contribution in [2.45, 2.75) is 13.5 Å². The van der Waals surface area contributed by atoms with Crippen molar-refractivity contribution in [1.29, 1.82) is 0 Å². The zero-order chi connectivity index (χ0) is 23.3. The summed E-state index contributed by atoms with van der Waals surface area (Å²) >= 11 is 3.44. The van der Waals surface area contributed by atoms with E-state index in [1.54, 1.807) is 24.3 Å². The predicted molar refractivity (Wildman–Crippen MR) is 116 cm³/mol. The number of halogens is 2. The molecule has 8 nitrogen and oxygen atoms in total. The van der Waals surface area contributed by atoms with Crippen LogP contribution >= 0.6 is 15.9 Å². The van der Waals surface area contributed by atoms with E-state index in [4.69, 9.17) is 9.47 Å². The van der Waals surface area contributed by atoms with E-state index in [9.17, 15) is 18.8 Å². The number of rotatable bonds is 8. The highest BCUT2D eigenvalue weighted by molar-refractivity contribution is 9.10. The molecular weight excluding hydrogens is 487 g/mol. The van der Waals surface area contributed by atoms with E-state index in [0.717, 1.165) is 10.5 Å². The number of hydrogen-bond acceptors (Lipinski definition) is 6. The lowest BCUT2D eigenvalue weighted by atomic mass is 10.1. The molecule has 3 rings (SSSR count). The Bertz CT molecular complexity index is 1070. The Kier molecular flexibility index (Phi) is 7.47. The minimum atomic E-state index is -0.716. The number of nitrogens with one attached hydrogen (secondary N) is 1. The van der Waals surface area contributed by atoms with Crippen molar-refractivity contribution in [3.05, 3.63) is 63.5 Å². The van der Waals surface area contributed by atoms with E-state index in [2.05, 4.69) is 26.0 Å². The molecule has 1 aliphatic heterocycles. The zero-order valence-corrected chi connectivity index (χ0v) is 18.9. The molecule has 168 valence electrons. The Hall–Kier alpha value is -3.40. The van der Waals surface area contributed by atoms with Crippen molar-refractivity contribution < 1.29 is 33.0 Å². The van der Waals surface area contributed by atoms with Crippen LogP contribution in [0.25, 0.3) is 6.08 Å². The third kappa shape index (κ3) is 5.44. The standard InChI is InChI=1S/C22H20BrFN2O6/c1-3-31-18-9-14(8-17-21(28)26(22(29)25-17)11-20(27)30-2)16(23)10-19(18)32-12-13-4-6-15(24)7-5-13/h4-10H,3,11-12H2,1-2H3,(H,25,29)/b17-8+. The molecule has 1 aliphatic rings. The fourth-order valence-corrected chi connectivity index (χ4v) is 3.29. The van der Waals surface area contributed by atoms with Crippen LogP contribution in [0.1, 0.15) is 18.1 Å². The van der Waals surface area contributed by atoms with Crippen LogP contribution in [-0.4, -0.2) is 43.1 Å². The van der Waals surface area contributed by atoms with Gasteiger partial charge in [0.25, 0.3) is 5.91 Å². The molecule has 2 aromatic carbocycles. The fraction of sp³-hybridized carbons (Fsp3) is 0.227. The Balaban J connectivity index is 1.83. The van der Waals surface area contributed by atoms with Gasteiger partial charge in [-0.15, -0.1) is 0 Å². The maximum Gasteiger partial charge on any atom is 0.329 e. The maximum atomic E-state index is 13.1. The molecule has 2 aromatic rings. The van der Waals surface area contributed by atoms with Gasteiger partial charge < -0.3 is 19.5 Å². The maximum absolute atomic E-state index is 13.1. The number of benzene rings is 2. The van der Waals surface area contributed by atoms with E-state index < -0.39 is 24.5 Å². The van der Waals surface area contributed by atoms with Crippen molar-refractivity contribution >= 4 is 39.9 Å². The average Bonchev–Trinajstić information content (AvgIpc) is 3.03. The highest BCUT2D eigenvalue weighted by Crippen LogP contribution is 2.35. The first kappa shape index (κ1) is 23.3. The number of esters is 1. The molecule has 0 atom stereocenters. The first-order valence-corrected chi connectivity index (χ1v) is 10.4. The number of ether oxygens (including phenoxy) is 3. The smallest absolute Gasteiger partial charge is 0.329 e. The van der Waals surface area contributed by atoms with Crippen molar-refractivity contribution in [2.24, 2.45) is 0 Å². The minimum Gasteiger partial charge on any atom is -0.490 e. The highest BCUT2D eigenvalue weighted by atomic mass is 79.9. The van der Waals surface area contributed by atoms with Gasteiger partial charge in [0.15, 0.2) is 11.5 Å². The lowest BCUT2D eigenvalue weighted by molar-refractivity contribution is -0.143. The number of amides is 3. The summed E-state index contributed by atoms with van der Waals surface area (Å²) in [6.07, 6.45) is 1.47. The molecule has 0 aromatic heterocycles. The molecule has 0 bridgehead atoms. The van der Waals surface area contributed by atoms with Crippen molar-refractivity contribution in [2.75, 3.05) is 20.3 Å². The monoisotopic (exact) mass is 506 g/mol. The second kappa shape index (κ2) is 10.3. The van der Waals surface area contributed by atoms with Gasteiger partial charge in [-0.25, -0.2) is 14.1 Å². The Morgan fingerprint density at radius 3 is 2.50 bits per heavy atom. The van der Waals surface area contributed by atoms with Crippen molar-refractivity contribution in [1.82, 2.24) is 10.2 Å². The van der Waals surface area contributed by atoms with Crippen LogP contribution in [0.3, 0.4) is 0 Å². The van der Waals surface area contributed by atoms with Crippen LogP contribution in [-0.2, 0) is 20.9 Å². The van der Waals surface area contributed by atoms with Gasteiger partial charge in [-0.2, -0.15) is 0 Å². The van der Waals surface area contributed by atoms with Gasteiger partial charge in [-0.3, -0.25) is 9.59 Å². The minimum absolute atomic E-state index is 0.00188. The van der Waals surface area contributed by atoms with Crippen LogP contribution in [0.5, 0.6) is 11.5 Å². The molecule has 0 spiro atoms. The molecule has 0 radical (unpaired) electrons. The first-order valence-electron chi connectivity index (χ1n) is 9.57. The summed E-state index contributed by atoms with van der Waals surface area (Å²) in [5.41, 5.74) is 1.33. The van der Waals surface area contributed by atoms with E-state index in [0.29, 0.717) is 28.1 Å². The van der Waals surface area contributed by atoms with E-state index in [-0.39, 0.29) is 18.1 Å². The third-order valence-corrected chi connectivity index (χ3v) is 5.13. The largest absolute Gasteiger partial charge is 0.490 e. The second-order valence-electron chi connectivity index (χ2n) is 6.62.